The minimum Gasteiger partial charge on any atom is -0.479 e. The fraction of sp³-hybridized carbons (Fsp3) is 0.594. The number of carbonyl (C=O) groups is 2. The highest BCUT2D eigenvalue weighted by Gasteiger charge is 2.54. The molecule has 0 radical (unpaired) electrons. The van der Waals surface area contributed by atoms with Crippen molar-refractivity contribution in [3.63, 3.8) is 0 Å². The molecule has 1 fully saturated rings. The third-order valence-electron chi connectivity index (χ3n) is 7.89. The Labute approximate surface area is 295 Å². The van der Waals surface area contributed by atoms with Crippen LogP contribution in [0.4, 0.5) is 10.3 Å². The van der Waals surface area contributed by atoms with Crippen molar-refractivity contribution in [2.75, 3.05) is 26.1 Å². The van der Waals surface area contributed by atoms with E-state index in [2.05, 4.69) is 25.4 Å². The van der Waals surface area contributed by atoms with E-state index < -0.39 is 56.5 Å². The summed E-state index contributed by atoms with van der Waals surface area (Å²) in [6.45, 7) is 7.84. The standard InChI is InChI=1S/C32H47FN7O10P/c1-18(2)14-22(29(43)49-19(3)4)39-51(45,47-13-7-8-24(41)35-15-20-9-11-21(33)12-10-20)48-16-23-26(42)32(5,44)30(50-23)40-17-36-25-27(40)37-31(34)38-28(25)46-6/h9-12,17-19,22-23,26,30,42,44H,7-8,13-16H2,1-6H3,(H,35,41)(H,39,45)(H2,34,37,38)/t22-,23+,26+,30+,32+,51?/m0/s1. The van der Waals surface area contributed by atoms with E-state index in [4.69, 9.17) is 29.0 Å². The largest absolute Gasteiger partial charge is 0.479 e. The monoisotopic (exact) mass is 739 g/mol. The number of aromatic nitrogens is 4. The average molecular weight is 740 g/mol. The van der Waals surface area contributed by atoms with Crippen molar-refractivity contribution in [2.24, 2.45) is 5.92 Å². The van der Waals surface area contributed by atoms with E-state index in [1.165, 1.54) is 37.1 Å². The van der Waals surface area contributed by atoms with Gasteiger partial charge < -0.3 is 35.5 Å². The molecule has 17 nitrogen and oxygen atoms in total. The van der Waals surface area contributed by atoms with Gasteiger partial charge in [0, 0.05) is 13.0 Å². The van der Waals surface area contributed by atoms with E-state index >= 15 is 0 Å². The number of benzene rings is 1. The molecule has 3 heterocycles. The van der Waals surface area contributed by atoms with Crippen LogP contribution in [-0.2, 0) is 39.2 Å². The number of esters is 1. The second-order valence-electron chi connectivity index (χ2n) is 13.0. The van der Waals surface area contributed by atoms with Crippen LogP contribution in [0.1, 0.15) is 65.7 Å². The number of carbonyl (C=O) groups excluding carboxylic acids is 2. The van der Waals surface area contributed by atoms with Crippen LogP contribution >= 0.6 is 7.75 Å². The van der Waals surface area contributed by atoms with Gasteiger partial charge in [-0.1, -0.05) is 26.0 Å². The molecule has 19 heteroatoms. The number of anilines is 1. The van der Waals surface area contributed by atoms with E-state index in [1.54, 1.807) is 26.0 Å². The van der Waals surface area contributed by atoms with Gasteiger partial charge in [0.05, 0.1) is 32.8 Å². The van der Waals surface area contributed by atoms with Crippen LogP contribution in [0.15, 0.2) is 30.6 Å². The Bertz CT molecular complexity index is 1690. The number of nitrogens with one attached hydrogen (secondary N) is 2. The summed E-state index contributed by atoms with van der Waals surface area (Å²) in [5.74, 6) is -1.44. The van der Waals surface area contributed by atoms with Crippen molar-refractivity contribution < 1.29 is 52.0 Å². The molecule has 6 atom stereocenters. The van der Waals surface area contributed by atoms with Crippen LogP contribution in [-0.4, -0.2) is 91.9 Å². The number of halogens is 1. The topological polar surface area (TPSA) is 231 Å². The molecule has 51 heavy (non-hydrogen) atoms. The number of nitrogens with two attached hydrogens (primary N) is 1. The lowest BCUT2D eigenvalue weighted by molar-refractivity contribution is -0.150. The highest BCUT2D eigenvalue weighted by molar-refractivity contribution is 7.51. The summed E-state index contributed by atoms with van der Waals surface area (Å²) in [5.41, 5.74) is 5.01. The second kappa shape index (κ2) is 17.2. The Kier molecular flexibility index (Phi) is 13.5. The van der Waals surface area contributed by atoms with Crippen molar-refractivity contribution in [1.29, 1.82) is 0 Å². The smallest absolute Gasteiger partial charge is 0.406 e. The Morgan fingerprint density at radius 2 is 1.88 bits per heavy atom. The molecule has 1 amide bonds. The molecule has 1 aliphatic heterocycles. The molecule has 1 aromatic carbocycles. The highest BCUT2D eigenvalue weighted by atomic mass is 31.2. The lowest BCUT2D eigenvalue weighted by Crippen LogP contribution is -2.44. The molecule has 1 aliphatic rings. The average Bonchev–Trinajstić information content (AvgIpc) is 3.57. The molecule has 0 aliphatic carbocycles. The first-order chi connectivity index (χ1) is 24.0. The van der Waals surface area contributed by atoms with Crippen molar-refractivity contribution in [2.45, 2.75) is 96.6 Å². The number of nitrogen functional groups attached to an aromatic ring is 1. The maximum absolute atomic E-state index is 14.2. The molecule has 0 saturated carbocycles. The number of hydrogen-bond acceptors (Lipinski definition) is 14. The van der Waals surface area contributed by atoms with Gasteiger partial charge in [-0.15, -0.1) is 0 Å². The predicted octanol–water partition coefficient (Wildman–Crippen LogP) is 2.76. The van der Waals surface area contributed by atoms with Gasteiger partial charge in [0.1, 0.15) is 29.7 Å². The van der Waals surface area contributed by atoms with Crippen LogP contribution < -0.4 is 20.9 Å². The molecule has 0 bridgehead atoms. The zero-order valence-electron chi connectivity index (χ0n) is 29.4. The van der Waals surface area contributed by atoms with Gasteiger partial charge in [-0.05, 0) is 57.2 Å². The quantitative estimate of drug-likeness (QED) is 0.0717. The number of aliphatic hydroxyl groups is 2. The van der Waals surface area contributed by atoms with Crippen LogP contribution in [0.5, 0.6) is 5.88 Å². The summed E-state index contributed by atoms with van der Waals surface area (Å²) >= 11 is 0. The van der Waals surface area contributed by atoms with Gasteiger partial charge in [-0.2, -0.15) is 9.97 Å². The maximum atomic E-state index is 14.2. The Morgan fingerprint density at radius 1 is 1.18 bits per heavy atom. The summed E-state index contributed by atoms with van der Waals surface area (Å²) in [7, 11) is -3.00. The third-order valence-corrected chi connectivity index (χ3v) is 9.53. The maximum Gasteiger partial charge on any atom is 0.406 e. The van der Waals surface area contributed by atoms with Crippen molar-refractivity contribution in [3.8, 4) is 5.88 Å². The number of methoxy groups -OCH3 is 1. The number of nitrogens with zero attached hydrogens (tertiary/aromatic N) is 4. The molecule has 1 unspecified atom stereocenters. The summed E-state index contributed by atoms with van der Waals surface area (Å²) in [6, 6.07) is 4.60. The fourth-order valence-electron chi connectivity index (χ4n) is 5.37. The molecule has 3 aromatic rings. The van der Waals surface area contributed by atoms with Crippen molar-refractivity contribution in [1.82, 2.24) is 29.9 Å². The number of ether oxygens (including phenoxy) is 3. The number of fused-ring (bicyclic) bond motifs is 1. The summed E-state index contributed by atoms with van der Waals surface area (Å²) < 4.78 is 56.9. The third kappa shape index (κ3) is 10.4. The fourth-order valence-corrected chi connectivity index (χ4v) is 6.90. The number of amides is 1. The van der Waals surface area contributed by atoms with Crippen molar-refractivity contribution in [3.05, 3.63) is 42.0 Å². The van der Waals surface area contributed by atoms with Crippen LogP contribution in [0.3, 0.4) is 0 Å². The van der Waals surface area contributed by atoms with Crippen LogP contribution in [0.25, 0.3) is 11.2 Å². The first-order valence-corrected chi connectivity index (χ1v) is 18.1. The highest BCUT2D eigenvalue weighted by Crippen LogP contribution is 2.47. The zero-order valence-corrected chi connectivity index (χ0v) is 30.3. The molecule has 282 valence electrons. The minimum atomic E-state index is -4.38. The zero-order chi connectivity index (χ0) is 37.5. The Balaban J connectivity index is 1.47. The molecule has 4 rings (SSSR count). The van der Waals surface area contributed by atoms with Gasteiger partial charge in [0.2, 0.25) is 17.7 Å². The second-order valence-corrected chi connectivity index (χ2v) is 14.8. The molecular formula is C32H47FN7O10P. The summed E-state index contributed by atoms with van der Waals surface area (Å²) in [6.07, 6.45) is -2.89. The van der Waals surface area contributed by atoms with Gasteiger partial charge in [-0.25, -0.2) is 19.0 Å². The minimum absolute atomic E-state index is 0.00127. The number of hydrogen-bond donors (Lipinski definition) is 5. The lowest BCUT2D eigenvalue weighted by Gasteiger charge is -2.28. The molecular weight excluding hydrogens is 692 g/mol. The van der Waals surface area contributed by atoms with E-state index in [0.717, 1.165) is 0 Å². The van der Waals surface area contributed by atoms with E-state index in [1.807, 2.05) is 13.8 Å². The van der Waals surface area contributed by atoms with Crippen molar-refractivity contribution >= 4 is 36.7 Å². The van der Waals surface area contributed by atoms with E-state index in [0.29, 0.717) is 5.56 Å². The lowest BCUT2D eigenvalue weighted by atomic mass is 9.96. The van der Waals surface area contributed by atoms with Crippen LogP contribution in [0.2, 0.25) is 0 Å². The Hall–Kier alpha value is -3.77. The number of aliphatic hydroxyl groups excluding tert-OH is 1. The summed E-state index contributed by atoms with van der Waals surface area (Å²) in [5, 5.41) is 28.0. The SMILES string of the molecule is COc1nc(N)nc2c1ncn2[C@@H]1O[C@H](COP(=O)(N[C@@H](CC(C)C)C(=O)OC(C)C)OCCCC(=O)NCc2ccc(F)cc2)[C@@H](O)[C@@]1(C)O. The predicted molar refractivity (Wildman–Crippen MR) is 181 cm³/mol. The summed E-state index contributed by atoms with van der Waals surface area (Å²) in [4.78, 5) is 37.9. The first kappa shape index (κ1) is 40.0. The van der Waals surface area contributed by atoms with Gasteiger partial charge in [-0.3, -0.25) is 23.2 Å². The molecule has 0 spiro atoms. The van der Waals surface area contributed by atoms with E-state index in [9.17, 15) is 28.8 Å². The molecule has 1 saturated heterocycles. The van der Waals surface area contributed by atoms with Gasteiger partial charge in [0.15, 0.2) is 17.4 Å². The molecule has 2 aromatic heterocycles. The van der Waals surface area contributed by atoms with Crippen LogP contribution in [0, 0.1) is 11.7 Å². The number of rotatable bonds is 18. The normalized spacial score (nSPS) is 22.3. The van der Waals surface area contributed by atoms with Gasteiger partial charge in [0.25, 0.3) is 0 Å². The number of imidazole rings is 1. The van der Waals surface area contributed by atoms with Gasteiger partial charge >= 0.3 is 13.7 Å². The Morgan fingerprint density at radius 3 is 2.53 bits per heavy atom. The first-order valence-electron chi connectivity index (χ1n) is 16.5. The van der Waals surface area contributed by atoms with E-state index in [-0.39, 0.29) is 73.0 Å². The molecule has 6 N–H and O–H groups in total.